The van der Waals surface area contributed by atoms with Gasteiger partial charge in [-0.2, -0.15) is 0 Å². The quantitative estimate of drug-likeness (QED) is 0.618. The number of anilines is 2. The molecule has 2 aromatic carbocycles. The summed E-state index contributed by atoms with van der Waals surface area (Å²) in [6, 6.07) is 12.6. The first-order valence-corrected chi connectivity index (χ1v) is 11.4. The van der Waals surface area contributed by atoms with E-state index in [4.69, 9.17) is 28.6 Å². The summed E-state index contributed by atoms with van der Waals surface area (Å²) < 4.78 is 5.40. The van der Waals surface area contributed by atoms with Crippen LogP contribution in [0.25, 0.3) is 0 Å². The van der Waals surface area contributed by atoms with Gasteiger partial charge in [-0.25, -0.2) is 0 Å². The van der Waals surface area contributed by atoms with Gasteiger partial charge in [0, 0.05) is 38.2 Å². The van der Waals surface area contributed by atoms with E-state index in [1.54, 1.807) is 18.2 Å². The van der Waals surface area contributed by atoms with E-state index in [1.165, 1.54) is 0 Å². The molecule has 9 heteroatoms. The molecule has 0 aromatic heterocycles. The maximum Gasteiger partial charge on any atom is 0.257 e. The fraction of sp³-hybridized carbons (Fsp3) is 0.348. The van der Waals surface area contributed by atoms with Crippen LogP contribution in [0.4, 0.5) is 11.4 Å². The van der Waals surface area contributed by atoms with Gasteiger partial charge in [0.1, 0.15) is 5.75 Å². The number of amides is 2. The van der Waals surface area contributed by atoms with Gasteiger partial charge in [-0.15, -0.1) is 0 Å². The van der Waals surface area contributed by atoms with Gasteiger partial charge in [-0.3, -0.25) is 14.9 Å². The number of nitrogens with zero attached hydrogens (tertiary/aromatic N) is 2. The Balaban J connectivity index is 1.63. The molecule has 1 aliphatic rings. The van der Waals surface area contributed by atoms with Crippen LogP contribution < -0.4 is 20.3 Å². The van der Waals surface area contributed by atoms with Gasteiger partial charge in [-0.05, 0) is 49.5 Å². The summed E-state index contributed by atoms with van der Waals surface area (Å²) in [5.74, 6) is 0.340. The Morgan fingerprint density at radius 3 is 2.47 bits per heavy atom. The molecule has 2 amide bonds. The van der Waals surface area contributed by atoms with Crippen LogP contribution >= 0.6 is 23.8 Å². The van der Waals surface area contributed by atoms with E-state index in [2.05, 4.69) is 15.5 Å². The molecule has 7 nitrogen and oxygen atoms in total. The van der Waals surface area contributed by atoms with E-state index >= 15 is 0 Å². The predicted molar refractivity (Wildman–Crippen MR) is 132 cm³/mol. The Morgan fingerprint density at radius 1 is 1.09 bits per heavy atom. The molecule has 3 rings (SSSR count). The van der Waals surface area contributed by atoms with Gasteiger partial charge in [0.15, 0.2) is 5.11 Å². The molecule has 0 spiro atoms. The Kier molecular flexibility index (Phi) is 8.30. The minimum atomic E-state index is -0.364. The second-order valence-electron chi connectivity index (χ2n) is 7.22. The number of hydrogen-bond acceptors (Lipinski definition) is 5. The minimum Gasteiger partial charge on any atom is -0.492 e. The second-order valence-corrected chi connectivity index (χ2v) is 8.04. The summed E-state index contributed by atoms with van der Waals surface area (Å²) in [5, 5.41) is 6.37. The van der Waals surface area contributed by atoms with E-state index in [0.29, 0.717) is 42.5 Å². The van der Waals surface area contributed by atoms with Gasteiger partial charge in [0.05, 0.1) is 23.0 Å². The van der Waals surface area contributed by atoms with Gasteiger partial charge < -0.3 is 19.9 Å². The molecule has 1 aliphatic heterocycles. The number of benzene rings is 2. The first kappa shape index (κ1) is 23.8. The molecular weight excluding hydrogens is 448 g/mol. The van der Waals surface area contributed by atoms with Gasteiger partial charge in [0.25, 0.3) is 5.91 Å². The summed E-state index contributed by atoms with van der Waals surface area (Å²) in [4.78, 5) is 28.6. The molecule has 0 radical (unpaired) electrons. The van der Waals surface area contributed by atoms with Crippen molar-refractivity contribution in [1.82, 2.24) is 10.2 Å². The van der Waals surface area contributed by atoms with Crippen molar-refractivity contribution in [1.29, 1.82) is 0 Å². The molecule has 1 saturated heterocycles. The van der Waals surface area contributed by atoms with Crippen LogP contribution in [-0.2, 0) is 4.79 Å². The highest BCUT2D eigenvalue weighted by molar-refractivity contribution is 7.80. The number of rotatable bonds is 6. The maximum atomic E-state index is 12.6. The summed E-state index contributed by atoms with van der Waals surface area (Å²) in [7, 11) is 0. The summed E-state index contributed by atoms with van der Waals surface area (Å²) >= 11 is 11.6. The lowest BCUT2D eigenvalue weighted by Gasteiger charge is -2.37. The van der Waals surface area contributed by atoms with Crippen molar-refractivity contribution in [2.75, 3.05) is 43.0 Å². The average Bonchev–Trinajstić information content (AvgIpc) is 2.80. The van der Waals surface area contributed by atoms with Crippen LogP contribution in [-0.4, -0.2) is 54.6 Å². The molecule has 1 fully saturated rings. The number of nitrogens with one attached hydrogen (secondary N) is 2. The zero-order valence-electron chi connectivity index (χ0n) is 18.2. The molecule has 0 atom stereocenters. The fourth-order valence-corrected chi connectivity index (χ4v) is 3.96. The van der Waals surface area contributed by atoms with Crippen LogP contribution in [0, 0.1) is 0 Å². The van der Waals surface area contributed by atoms with Crippen LogP contribution in [0.5, 0.6) is 5.75 Å². The molecule has 2 aromatic rings. The number of ether oxygens (including phenoxy) is 1. The van der Waals surface area contributed by atoms with Crippen molar-refractivity contribution in [2.24, 2.45) is 0 Å². The van der Waals surface area contributed by atoms with E-state index in [0.717, 1.165) is 24.5 Å². The highest BCUT2D eigenvalue weighted by Gasteiger charge is 2.22. The Bertz CT molecular complexity index is 993. The van der Waals surface area contributed by atoms with Crippen molar-refractivity contribution in [2.45, 2.75) is 20.3 Å². The van der Waals surface area contributed by atoms with E-state index in [9.17, 15) is 9.59 Å². The van der Waals surface area contributed by atoms with E-state index < -0.39 is 0 Å². The van der Waals surface area contributed by atoms with Gasteiger partial charge >= 0.3 is 0 Å². The van der Waals surface area contributed by atoms with Gasteiger partial charge in [0.2, 0.25) is 5.91 Å². The number of thiocarbonyl (C=S) groups is 1. The van der Waals surface area contributed by atoms with Crippen LogP contribution in [0.15, 0.2) is 42.5 Å². The maximum absolute atomic E-state index is 12.6. The molecule has 0 unspecified atom stereocenters. The predicted octanol–water partition coefficient (Wildman–Crippen LogP) is 3.92. The fourth-order valence-electron chi connectivity index (χ4n) is 3.52. The zero-order chi connectivity index (χ0) is 23.1. The number of halogens is 1. The first-order chi connectivity index (χ1) is 15.4. The molecule has 0 saturated carbocycles. The molecule has 170 valence electrons. The number of carbonyl (C=O) groups excluding carboxylic acids is 2. The van der Waals surface area contributed by atoms with Crippen LogP contribution in [0.2, 0.25) is 5.02 Å². The monoisotopic (exact) mass is 474 g/mol. The largest absolute Gasteiger partial charge is 0.492 e. The summed E-state index contributed by atoms with van der Waals surface area (Å²) in [5.41, 5.74) is 2.14. The van der Waals surface area contributed by atoms with Crippen molar-refractivity contribution in [3.8, 4) is 5.75 Å². The molecule has 32 heavy (non-hydrogen) atoms. The minimum absolute atomic E-state index is 0.175. The number of piperazine rings is 1. The highest BCUT2D eigenvalue weighted by atomic mass is 35.5. The Morgan fingerprint density at radius 2 is 1.81 bits per heavy atom. The molecular formula is C23H27ClN4O3S. The lowest BCUT2D eigenvalue weighted by atomic mass is 10.2. The van der Waals surface area contributed by atoms with E-state index in [-0.39, 0.29) is 16.9 Å². The second kappa shape index (κ2) is 11.2. The van der Waals surface area contributed by atoms with Crippen molar-refractivity contribution in [3.63, 3.8) is 0 Å². The topological polar surface area (TPSA) is 73.9 Å². The summed E-state index contributed by atoms with van der Waals surface area (Å²) in [6.07, 6.45) is 0.520. The Hall–Kier alpha value is -2.84. The number of para-hydroxylation sites is 2. The summed E-state index contributed by atoms with van der Waals surface area (Å²) in [6.45, 7) is 7.06. The number of hydrogen-bond donors (Lipinski definition) is 2. The molecule has 2 N–H and O–H groups in total. The average molecular weight is 475 g/mol. The van der Waals surface area contributed by atoms with Gasteiger partial charge in [-0.1, -0.05) is 30.7 Å². The highest BCUT2D eigenvalue weighted by Crippen LogP contribution is 2.27. The van der Waals surface area contributed by atoms with Crippen LogP contribution in [0.1, 0.15) is 30.6 Å². The number of carbonyl (C=O) groups is 2. The third-order valence-electron chi connectivity index (χ3n) is 5.15. The smallest absolute Gasteiger partial charge is 0.257 e. The normalized spacial score (nSPS) is 13.5. The Labute approximate surface area is 198 Å². The van der Waals surface area contributed by atoms with Crippen molar-refractivity contribution >= 4 is 52.1 Å². The van der Waals surface area contributed by atoms with Crippen LogP contribution in [0.3, 0.4) is 0 Å². The zero-order valence-corrected chi connectivity index (χ0v) is 19.8. The standard InChI is InChI=1S/C23H27ClN4O3S/c1-3-21(29)28-13-11-27(12-14-28)19-8-6-5-7-18(19)25-23(32)26-22(30)16-9-10-20(31-4-2)17(24)15-16/h5-10,15H,3-4,11-14H2,1-2H3,(H2,25,26,30,32). The lowest BCUT2D eigenvalue weighted by Crippen LogP contribution is -2.48. The third kappa shape index (κ3) is 5.89. The third-order valence-corrected chi connectivity index (χ3v) is 5.65. The van der Waals surface area contributed by atoms with Crippen molar-refractivity contribution in [3.05, 3.63) is 53.1 Å². The SMILES string of the molecule is CCOc1ccc(C(=O)NC(=S)Nc2ccccc2N2CCN(C(=O)CC)CC2)cc1Cl. The molecule has 1 heterocycles. The van der Waals surface area contributed by atoms with E-state index in [1.807, 2.05) is 43.0 Å². The molecule has 0 aliphatic carbocycles. The first-order valence-electron chi connectivity index (χ1n) is 10.6. The lowest BCUT2D eigenvalue weighted by molar-refractivity contribution is -0.131. The van der Waals surface area contributed by atoms with Crippen molar-refractivity contribution < 1.29 is 14.3 Å². The molecule has 0 bridgehead atoms.